The number of carbonyl (C=O) groups excluding carboxylic acids is 1. The maximum atomic E-state index is 12.5. The standard InChI is InChI=1S/C18H33N5O3/c24-17(25)16(22-8-2-1-3-9-22)14-20-18(26)23-12-10-21(11-13-23)15-4-6-19-7-5-15/h15-16,19H,1-14H2,(H,20,26)(H,24,25). The largest absolute Gasteiger partial charge is 0.480 e. The number of carbonyl (C=O) groups is 2. The van der Waals surface area contributed by atoms with Crippen LogP contribution in [0.2, 0.25) is 0 Å². The zero-order valence-corrected chi connectivity index (χ0v) is 15.7. The van der Waals surface area contributed by atoms with Gasteiger partial charge in [-0.05, 0) is 51.9 Å². The molecule has 3 aliphatic heterocycles. The van der Waals surface area contributed by atoms with Gasteiger partial charge < -0.3 is 20.6 Å². The van der Waals surface area contributed by atoms with Crippen molar-refractivity contribution in [2.24, 2.45) is 0 Å². The van der Waals surface area contributed by atoms with Gasteiger partial charge in [0.05, 0.1) is 0 Å². The number of amides is 2. The Hall–Kier alpha value is -1.38. The highest BCUT2D eigenvalue weighted by atomic mass is 16.4. The van der Waals surface area contributed by atoms with Gasteiger partial charge in [-0.15, -0.1) is 0 Å². The Labute approximate surface area is 155 Å². The molecule has 0 spiro atoms. The summed E-state index contributed by atoms with van der Waals surface area (Å²) in [6, 6.07) is -0.106. The summed E-state index contributed by atoms with van der Waals surface area (Å²) in [6.07, 6.45) is 5.61. The Morgan fingerprint density at radius 1 is 1.00 bits per heavy atom. The highest BCUT2D eigenvalue weighted by Gasteiger charge is 2.30. The monoisotopic (exact) mass is 367 g/mol. The van der Waals surface area contributed by atoms with Crippen LogP contribution in [0.4, 0.5) is 4.79 Å². The predicted octanol–water partition coefficient (Wildman–Crippen LogP) is 0.00470. The number of likely N-dealkylation sites (tertiary alicyclic amines) is 1. The Morgan fingerprint density at radius 3 is 2.27 bits per heavy atom. The van der Waals surface area contributed by atoms with Crippen LogP contribution in [-0.4, -0.2) is 103 Å². The molecule has 0 bridgehead atoms. The van der Waals surface area contributed by atoms with E-state index >= 15 is 0 Å². The minimum Gasteiger partial charge on any atom is -0.480 e. The Morgan fingerprint density at radius 2 is 1.65 bits per heavy atom. The molecule has 2 amide bonds. The summed E-state index contributed by atoms with van der Waals surface area (Å²) < 4.78 is 0. The highest BCUT2D eigenvalue weighted by Crippen LogP contribution is 2.15. The van der Waals surface area contributed by atoms with Crippen molar-refractivity contribution in [3.63, 3.8) is 0 Å². The van der Waals surface area contributed by atoms with E-state index in [9.17, 15) is 14.7 Å². The first kappa shape index (κ1) is 19.4. The van der Waals surface area contributed by atoms with Gasteiger partial charge in [0.25, 0.3) is 0 Å². The third-order valence-electron chi connectivity index (χ3n) is 5.99. The van der Waals surface area contributed by atoms with E-state index < -0.39 is 12.0 Å². The van der Waals surface area contributed by atoms with Crippen LogP contribution in [0.15, 0.2) is 0 Å². The third kappa shape index (κ3) is 5.08. The van der Waals surface area contributed by atoms with Crippen molar-refractivity contribution in [3.8, 4) is 0 Å². The minimum atomic E-state index is -0.845. The average Bonchev–Trinajstić information content (AvgIpc) is 2.69. The summed E-state index contributed by atoms with van der Waals surface area (Å²) >= 11 is 0. The van der Waals surface area contributed by atoms with E-state index in [2.05, 4.69) is 15.5 Å². The maximum absolute atomic E-state index is 12.5. The second kappa shape index (κ2) is 9.53. The molecule has 3 rings (SSSR count). The van der Waals surface area contributed by atoms with E-state index in [1.807, 2.05) is 9.80 Å². The molecule has 8 nitrogen and oxygen atoms in total. The van der Waals surface area contributed by atoms with Crippen LogP contribution in [0.3, 0.4) is 0 Å². The molecule has 1 unspecified atom stereocenters. The molecular weight excluding hydrogens is 334 g/mol. The molecule has 1 atom stereocenters. The quantitative estimate of drug-likeness (QED) is 0.634. The fourth-order valence-corrected chi connectivity index (χ4v) is 4.36. The number of nitrogens with zero attached hydrogens (tertiary/aromatic N) is 3. The zero-order valence-electron chi connectivity index (χ0n) is 15.7. The molecule has 0 radical (unpaired) electrons. The molecule has 3 heterocycles. The van der Waals surface area contributed by atoms with Crippen molar-refractivity contribution < 1.29 is 14.7 Å². The first-order valence-corrected chi connectivity index (χ1v) is 10.1. The number of piperidine rings is 2. The summed E-state index contributed by atoms with van der Waals surface area (Å²) in [4.78, 5) is 30.4. The van der Waals surface area contributed by atoms with Crippen LogP contribution >= 0.6 is 0 Å². The number of nitrogens with one attached hydrogen (secondary N) is 2. The van der Waals surface area contributed by atoms with Gasteiger partial charge in [-0.25, -0.2) is 4.79 Å². The predicted molar refractivity (Wildman–Crippen MR) is 99.3 cm³/mol. The zero-order chi connectivity index (χ0) is 18.4. The van der Waals surface area contributed by atoms with Crippen LogP contribution < -0.4 is 10.6 Å². The Balaban J connectivity index is 1.42. The molecule has 8 heteroatoms. The van der Waals surface area contributed by atoms with E-state index in [0.717, 1.165) is 71.6 Å². The lowest BCUT2D eigenvalue weighted by atomic mass is 10.0. The number of urea groups is 1. The third-order valence-corrected chi connectivity index (χ3v) is 5.99. The van der Waals surface area contributed by atoms with E-state index in [1.165, 1.54) is 12.8 Å². The lowest BCUT2D eigenvalue weighted by Gasteiger charge is -2.41. The average molecular weight is 367 g/mol. The van der Waals surface area contributed by atoms with Gasteiger partial charge in [-0.2, -0.15) is 0 Å². The summed E-state index contributed by atoms with van der Waals surface area (Å²) in [6.45, 7) is 7.22. The van der Waals surface area contributed by atoms with Crippen molar-refractivity contribution in [1.82, 2.24) is 25.3 Å². The number of aliphatic carboxylic acids is 1. The van der Waals surface area contributed by atoms with Crippen molar-refractivity contribution in [1.29, 1.82) is 0 Å². The summed E-state index contributed by atoms with van der Waals surface area (Å²) in [7, 11) is 0. The van der Waals surface area contributed by atoms with Gasteiger partial charge in [-0.1, -0.05) is 6.42 Å². The maximum Gasteiger partial charge on any atom is 0.322 e. The molecule has 148 valence electrons. The smallest absolute Gasteiger partial charge is 0.322 e. The van der Waals surface area contributed by atoms with Crippen LogP contribution in [0.5, 0.6) is 0 Å². The SMILES string of the molecule is O=C(O)C(CNC(=O)N1CCN(C2CCNCC2)CC1)N1CCCCC1. The van der Waals surface area contributed by atoms with Crippen molar-refractivity contribution in [2.45, 2.75) is 44.2 Å². The van der Waals surface area contributed by atoms with Crippen molar-refractivity contribution in [3.05, 3.63) is 0 Å². The van der Waals surface area contributed by atoms with Crippen molar-refractivity contribution in [2.75, 3.05) is 58.9 Å². The van der Waals surface area contributed by atoms with E-state index in [-0.39, 0.29) is 12.6 Å². The molecule has 0 aromatic heterocycles. The van der Waals surface area contributed by atoms with Crippen LogP contribution in [0, 0.1) is 0 Å². The number of carboxylic acids is 1. The van der Waals surface area contributed by atoms with Crippen LogP contribution in [-0.2, 0) is 4.79 Å². The normalized spacial score (nSPS) is 25.0. The van der Waals surface area contributed by atoms with Gasteiger partial charge in [0, 0.05) is 38.8 Å². The van der Waals surface area contributed by atoms with Crippen LogP contribution in [0.1, 0.15) is 32.1 Å². The lowest BCUT2D eigenvalue weighted by molar-refractivity contribution is -0.143. The van der Waals surface area contributed by atoms with Gasteiger partial charge in [0.15, 0.2) is 0 Å². The first-order valence-electron chi connectivity index (χ1n) is 10.1. The highest BCUT2D eigenvalue weighted by molar-refractivity contribution is 5.77. The van der Waals surface area contributed by atoms with E-state index in [0.29, 0.717) is 6.04 Å². The number of rotatable bonds is 5. The lowest BCUT2D eigenvalue weighted by Crippen LogP contribution is -2.57. The molecular formula is C18H33N5O3. The molecule has 26 heavy (non-hydrogen) atoms. The number of hydrogen-bond donors (Lipinski definition) is 3. The van der Waals surface area contributed by atoms with E-state index in [1.54, 1.807) is 0 Å². The molecule has 3 N–H and O–H groups in total. The second-order valence-corrected chi connectivity index (χ2v) is 7.64. The number of hydrogen-bond acceptors (Lipinski definition) is 5. The molecule has 0 aliphatic carbocycles. The summed E-state index contributed by atoms with van der Waals surface area (Å²) in [5.41, 5.74) is 0. The molecule has 0 aromatic carbocycles. The van der Waals surface area contributed by atoms with Gasteiger partial charge in [0.2, 0.25) is 0 Å². The Kier molecular flexibility index (Phi) is 7.10. The minimum absolute atomic E-state index is 0.127. The number of piperazine rings is 1. The van der Waals surface area contributed by atoms with Crippen molar-refractivity contribution >= 4 is 12.0 Å². The fourth-order valence-electron chi connectivity index (χ4n) is 4.36. The summed E-state index contributed by atoms with van der Waals surface area (Å²) in [5, 5.41) is 15.8. The fraction of sp³-hybridized carbons (Fsp3) is 0.889. The molecule has 3 saturated heterocycles. The van der Waals surface area contributed by atoms with Gasteiger partial charge in [0.1, 0.15) is 6.04 Å². The molecule has 3 fully saturated rings. The first-order chi connectivity index (χ1) is 12.6. The number of carboxylic acid groups (broad SMARTS) is 1. The van der Waals surface area contributed by atoms with Gasteiger partial charge >= 0.3 is 12.0 Å². The molecule has 0 aromatic rings. The summed E-state index contributed by atoms with van der Waals surface area (Å²) in [5.74, 6) is -0.845. The molecule has 3 aliphatic rings. The van der Waals surface area contributed by atoms with E-state index in [4.69, 9.17) is 0 Å². The second-order valence-electron chi connectivity index (χ2n) is 7.64. The van der Waals surface area contributed by atoms with Gasteiger partial charge in [-0.3, -0.25) is 14.6 Å². The topological polar surface area (TPSA) is 88.1 Å². The van der Waals surface area contributed by atoms with Crippen LogP contribution in [0.25, 0.3) is 0 Å². The Bertz CT molecular complexity index is 469. The molecule has 0 saturated carbocycles.